The Hall–Kier alpha value is -0.750. The van der Waals surface area contributed by atoms with Gasteiger partial charge in [-0.1, -0.05) is 42.3 Å². The molecule has 0 amide bonds. The highest BCUT2D eigenvalue weighted by molar-refractivity contribution is 6.30. The van der Waals surface area contributed by atoms with E-state index in [4.69, 9.17) is 11.6 Å². The molecule has 0 heterocycles. The van der Waals surface area contributed by atoms with Crippen LogP contribution in [0.15, 0.2) is 29.8 Å². The van der Waals surface area contributed by atoms with Crippen molar-refractivity contribution in [1.82, 2.24) is 0 Å². The predicted molar refractivity (Wildman–Crippen MR) is 67.1 cm³/mol. The second-order valence-electron chi connectivity index (χ2n) is 4.54. The summed E-state index contributed by atoms with van der Waals surface area (Å²) in [4.78, 5) is 0. The molecule has 1 aliphatic rings. The van der Waals surface area contributed by atoms with E-state index < -0.39 is 0 Å². The Bertz CT molecular complexity index is 355. The van der Waals surface area contributed by atoms with Gasteiger partial charge in [0, 0.05) is 5.02 Å². The first-order valence-corrected chi connectivity index (χ1v) is 6.07. The van der Waals surface area contributed by atoms with Gasteiger partial charge in [-0.15, -0.1) is 0 Å². The van der Waals surface area contributed by atoms with Crippen molar-refractivity contribution in [2.24, 2.45) is 5.92 Å². The quantitative estimate of drug-likeness (QED) is 0.629. The summed E-state index contributed by atoms with van der Waals surface area (Å²) >= 11 is 5.96. The van der Waals surface area contributed by atoms with Crippen LogP contribution in [0.4, 0.5) is 0 Å². The van der Waals surface area contributed by atoms with Crippen molar-refractivity contribution < 1.29 is 0 Å². The molecule has 0 aromatic heterocycles. The van der Waals surface area contributed by atoms with Gasteiger partial charge < -0.3 is 0 Å². The number of hydrogen-bond acceptors (Lipinski definition) is 0. The average molecular weight is 221 g/mol. The molecule has 0 N–H and O–H groups in total. The summed E-state index contributed by atoms with van der Waals surface area (Å²) in [5, 5.41) is 0.827. The predicted octanol–water partition coefficient (Wildman–Crippen LogP) is 4.93. The lowest BCUT2D eigenvalue weighted by atomic mass is 9.86. The van der Waals surface area contributed by atoms with Crippen LogP contribution in [0.3, 0.4) is 0 Å². The van der Waals surface area contributed by atoms with E-state index in [1.54, 1.807) is 5.57 Å². The molecule has 0 radical (unpaired) electrons. The molecule has 1 aliphatic carbocycles. The lowest BCUT2D eigenvalue weighted by Gasteiger charge is -2.20. The molecule has 0 atom stereocenters. The minimum atomic E-state index is 0.827. The maximum Gasteiger partial charge on any atom is 0.0411 e. The number of halogens is 1. The SMILES string of the molecule is CC1CCC(=Cc2cccc(Cl)c2)CC1. The van der Waals surface area contributed by atoms with Crippen molar-refractivity contribution in [2.45, 2.75) is 32.6 Å². The van der Waals surface area contributed by atoms with Gasteiger partial charge in [0.25, 0.3) is 0 Å². The lowest BCUT2D eigenvalue weighted by molar-refractivity contribution is 0.446. The molecule has 0 nitrogen and oxygen atoms in total. The van der Waals surface area contributed by atoms with Crippen LogP contribution < -0.4 is 0 Å². The molecule has 0 bridgehead atoms. The monoisotopic (exact) mass is 220 g/mol. The molecule has 0 unspecified atom stereocenters. The lowest BCUT2D eigenvalue weighted by Crippen LogP contribution is -2.03. The van der Waals surface area contributed by atoms with E-state index in [-0.39, 0.29) is 0 Å². The van der Waals surface area contributed by atoms with Gasteiger partial charge in [0.2, 0.25) is 0 Å². The largest absolute Gasteiger partial charge is 0.0843 e. The van der Waals surface area contributed by atoms with Gasteiger partial charge in [-0.3, -0.25) is 0 Å². The standard InChI is InChI=1S/C14H17Cl/c1-11-5-7-12(8-6-11)9-13-3-2-4-14(15)10-13/h2-4,9-11H,5-8H2,1H3. The molecule has 1 saturated carbocycles. The zero-order valence-corrected chi connectivity index (χ0v) is 9.93. The Labute approximate surface area is 97.0 Å². The number of benzene rings is 1. The molecule has 15 heavy (non-hydrogen) atoms. The zero-order valence-electron chi connectivity index (χ0n) is 9.17. The Morgan fingerprint density at radius 3 is 2.67 bits per heavy atom. The van der Waals surface area contributed by atoms with Gasteiger partial charge in [0.15, 0.2) is 0 Å². The third-order valence-electron chi connectivity index (χ3n) is 3.14. The molecular weight excluding hydrogens is 204 g/mol. The highest BCUT2D eigenvalue weighted by Crippen LogP contribution is 2.29. The molecule has 2 rings (SSSR count). The van der Waals surface area contributed by atoms with Crippen molar-refractivity contribution >= 4 is 17.7 Å². The van der Waals surface area contributed by atoms with Crippen LogP contribution in [-0.2, 0) is 0 Å². The molecule has 0 spiro atoms. The summed E-state index contributed by atoms with van der Waals surface area (Å²) in [7, 11) is 0. The molecule has 1 fully saturated rings. The Morgan fingerprint density at radius 2 is 2.00 bits per heavy atom. The summed E-state index contributed by atoms with van der Waals surface area (Å²) in [5.74, 6) is 0.904. The van der Waals surface area contributed by atoms with E-state index in [1.165, 1.54) is 31.2 Å². The van der Waals surface area contributed by atoms with E-state index in [9.17, 15) is 0 Å². The van der Waals surface area contributed by atoms with Crippen LogP contribution in [-0.4, -0.2) is 0 Å². The number of hydrogen-bond donors (Lipinski definition) is 0. The summed E-state index contributed by atoms with van der Waals surface area (Å²) < 4.78 is 0. The summed E-state index contributed by atoms with van der Waals surface area (Å²) in [6, 6.07) is 8.09. The van der Waals surface area contributed by atoms with E-state index >= 15 is 0 Å². The normalized spacial score (nSPS) is 21.5. The first-order valence-electron chi connectivity index (χ1n) is 5.69. The van der Waals surface area contributed by atoms with Crippen LogP contribution in [0.2, 0.25) is 5.02 Å². The van der Waals surface area contributed by atoms with Crippen molar-refractivity contribution in [3.63, 3.8) is 0 Å². The molecule has 0 saturated heterocycles. The van der Waals surface area contributed by atoms with Crippen LogP contribution in [0.5, 0.6) is 0 Å². The van der Waals surface area contributed by atoms with Gasteiger partial charge in [-0.2, -0.15) is 0 Å². The number of allylic oxidation sites excluding steroid dienone is 1. The van der Waals surface area contributed by atoms with Crippen molar-refractivity contribution in [2.75, 3.05) is 0 Å². The second kappa shape index (κ2) is 4.85. The van der Waals surface area contributed by atoms with Gasteiger partial charge >= 0.3 is 0 Å². The molecular formula is C14H17Cl. The van der Waals surface area contributed by atoms with Crippen molar-refractivity contribution in [3.8, 4) is 0 Å². The van der Waals surface area contributed by atoms with Crippen molar-refractivity contribution in [3.05, 3.63) is 40.4 Å². The Balaban J connectivity index is 2.10. The fourth-order valence-corrected chi connectivity index (χ4v) is 2.31. The Morgan fingerprint density at radius 1 is 1.27 bits per heavy atom. The van der Waals surface area contributed by atoms with Gasteiger partial charge in [-0.25, -0.2) is 0 Å². The van der Waals surface area contributed by atoms with Gasteiger partial charge in [0.1, 0.15) is 0 Å². The maximum absolute atomic E-state index is 5.96. The van der Waals surface area contributed by atoms with E-state index in [0.29, 0.717) is 0 Å². The topological polar surface area (TPSA) is 0 Å². The van der Waals surface area contributed by atoms with Crippen LogP contribution in [0.1, 0.15) is 38.2 Å². The van der Waals surface area contributed by atoms with Crippen LogP contribution in [0, 0.1) is 5.92 Å². The second-order valence-corrected chi connectivity index (χ2v) is 4.98. The van der Waals surface area contributed by atoms with E-state index in [1.807, 2.05) is 18.2 Å². The highest BCUT2D eigenvalue weighted by Gasteiger charge is 2.11. The maximum atomic E-state index is 5.96. The van der Waals surface area contributed by atoms with Gasteiger partial charge in [0.05, 0.1) is 0 Å². The summed E-state index contributed by atoms with van der Waals surface area (Å²) in [6.45, 7) is 2.34. The first-order chi connectivity index (χ1) is 7.24. The first kappa shape index (κ1) is 10.8. The third-order valence-corrected chi connectivity index (χ3v) is 3.37. The minimum Gasteiger partial charge on any atom is -0.0843 e. The summed E-state index contributed by atoms with van der Waals surface area (Å²) in [5.41, 5.74) is 2.82. The number of rotatable bonds is 1. The Kier molecular flexibility index (Phi) is 3.48. The minimum absolute atomic E-state index is 0.827. The molecule has 0 aliphatic heterocycles. The zero-order chi connectivity index (χ0) is 10.7. The van der Waals surface area contributed by atoms with E-state index in [0.717, 1.165) is 10.9 Å². The fraction of sp³-hybridized carbons (Fsp3) is 0.429. The van der Waals surface area contributed by atoms with Crippen molar-refractivity contribution in [1.29, 1.82) is 0 Å². The third kappa shape index (κ3) is 3.10. The highest BCUT2D eigenvalue weighted by atomic mass is 35.5. The molecule has 80 valence electrons. The average Bonchev–Trinajstić information content (AvgIpc) is 2.22. The molecule has 1 aromatic rings. The van der Waals surface area contributed by atoms with E-state index in [2.05, 4.69) is 19.1 Å². The van der Waals surface area contributed by atoms with Crippen LogP contribution >= 0.6 is 11.6 Å². The molecule has 1 heteroatoms. The van der Waals surface area contributed by atoms with Crippen LogP contribution in [0.25, 0.3) is 6.08 Å². The smallest absolute Gasteiger partial charge is 0.0411 e. The summed E-state index contributed by atoms with van der Waals surface area (Å²) in [6.07, 6.45) is 7.50. The van der Waals surface area contributed by atoms with Gasteiger partial charge in [-0.05, 0) is 49.3 Å². The fourth-order valence-electron chi connectivity index (χ4n) is 2.11. The molecule has 1 aromatic carbocycles.